The minimum Gasteiger partial charge on any atom is -0.494 e. The molecule has 10 nitrogen and oxygen atoms in total. The molecular weight excluding hydrogens is 516 g/mol. The number of hydrogen-bond acceptors (Lipinski definition) is 8. The number of methoxy groups -OCH3 is 1. The molecule has 3 aromatic rings. The van der Waals surface area contributed by atoms with E-state index in [1.54, 1.807) is 36.4 Å². The molecule has 6 rings (SSSR count). The summed E-state index contributed by atoms with van der Waals surface area (Å²) in [5.74, 6) is -5.73. The molecule has 3 aliphatic rings. The van der Waals surface area contributed by atoms with E-state index >= 15 is 0 Å². The SMILES string of the molecule is COc1cc([N+](=O)[O-])ccc1N1C(=O)[C@H]2[C@@H](c3ccc(Cl)cc3)OC3(C(=O)c4ccccc4C3=O)[C@H]2C1=O. The maximum Gasteiger partial charge on any atom is 0.273 e. The van der Waals surface area contributed by atoms with Gasteiger partial charge in [-0.05, 0) is 23.8 Å². The number of rotatable bonds is 4. The number of Topliss-reactive ketones (excluding diaryl/α,β-unsaturated/α-hetero) is 2. The maximum atomic E-state index is 14.0. The molecule has 2 fully saturated rings. The van der Waals surface area contributed by atoms with Crippen molar-refractivity contribution in [2.45, 2.75) is 11.7 Å². The van der Waals surface area contributed by atoms with Crippen LogP contribution in [0.3, 0.4) is 0 Å². The number of nitrogens with zero attached hydrogens (tertiary/aromatic N) is 2. The smallest absolute Gasteiger partial charge is 0.273 e. The molecule has 3 aromatic carbocycles. The van der Waals surface area contributed by atoms with E-state index in [0.29, 0.717) is 10.6 Å². The molecule has 2 heterocycles. The molecule has 11 heteroatoms. The number of nitro groups is 1. The number of hydrogen-bond donors (Lipinski definition) is 0. The Bertz CT molecular complexity index is 1550. The highest BCUT2D eigenvalue weighted by Crippen LogP contribution is 2.58. The van der Waals surface area contributed by atoms with Crippen molar-refractivity contribution < 1.29 is 33.6 Å². The maximum absolute atomic E-state index is 14.0. The lowest BCUT2D eigenvalue weighted by atomic mass is 9.77. The van der Waals surface area contributed by atoms with Gasteiger partial charge in [0.15, 0.2) is 0 Å². The minimum atomic E-state index is -2.24. The highest BCUT2D eigenvalue weighted by molar-refractivity contribution is 6.37. The molecule has 2 aliphatic heterocycles. The summed E-state index contributed by atoms with van der Waals surface area (Å²) in [6.07, 6.45) is -1.12. The van der Waals surface area contributed by atoms with Crippen molar-refractivity contribution in [2.75, 3.05) is 12.0 Å². The van der Waals surface area contributed by atoms with Gasteiger partial charge in [-0.25, -0.2) is 4.90 Å². The molecule has 38 heavy (non-hydrogen) atoms. The van der Waals surface area contributed by atoms with Crippen LogP contribution in [0.4, 0.5) is 11.4 Å². The summed E-state index contributed by atoms with van der Waals surface area (Å²) >= 11 is 6.04. The van der Waals surface area contributed by atoms with Gasteiger partial charge in [0, 0.05) is 22.2 Å². The van der Waals surface area contributed by atoms with Crippen LogP contribution in [0.15, 0.2) is 66.7 Å². The fraction of sp³-hybridized carbons (Fsp3) is 0.185. The summed E-state index contributed by atoms with van der Waals surface area (Å²) in [6, 6.07) is 16.0. The first kappa shape index (κ1) is 24.0. The molecule has 0 N–H and O–H groups in total. The summed E-state index contributed by atoms with van der Waals surface area (Å²) in [7, 11) is 1.25. The van der Waals surface area contributed by atoms with Crippen molar-refractivity contribution in [2.24, 2.45) is 11.8 Å². The number of imide groups is 1. The molecule has 1 spiro atoms. The molecule has 190 valence electrons. The normalized spacial score (nSPS) is 23.2. The number of anilines is 1. The highest BCUT2D eigenvalue weighted by Gasteiger charge is 2.74. The van der Waals surface area contributed by atoms with Crippen LogP contribution >= 0.6 is 11.6 Å². The molecule has 0 saturated carbocycles. The first-order chi connectivity index (χ1) is 18.2. The van der Waals surface area contributed by atoms with Gasteiger partial charge in [-0.3, -0.25) is 29.3 Å². The van der Waals surface area contributed by atoms with Crippen molar-refractivity contribution >= 4 is 46.4 Å². The molecule has 1 aliphatic carbocycles. The van der Waals surface area contributed by atoms with Crippen LogP contribution in [0, 0.1) is 22.0 Å². The zero-order chi connectivity index (χ0) is 26.9. The van der Waals surface area contributed by atoms with Crippen LogP contribution in [0.25, 0.3) is 0 Å². The zero-order valence-corrected chi connectivity index (χ0v) is 20.4. The largest absolute Gasteiger partial charge is 0.494 e. The Kier molecular flexibility index (Phi) is 5.23. The van der Waals surface area contributed by atoms with Gasteiger partial charge in [-0.2, -0.15) is 0 Å². The third-order valence-corrected chi connectivity index (χ3v) is 7.58. The first-order valence-corrected chi connectivity index (χ1v) is 11.9. The molecule has 2 saturated heterocycles. The molecule has 2 amide bonds. The second-order valence-electron chi connectivity index (χ2n) is 9.16. The number of ether oxygens (including phenoxy) is 2. The Hall–Kier alpha value is -4.41. The predicted octanol–water partition coefficient (Wildman–Crippen LogP) is 3.95. The zero-order valence-electron chi connectivity index (χ0n) is 19.6. The van der Waals surface area contributed by atoms with Crippen molar-refractivity contribution in [3.05, 3.63) is 98.6 Å². The fourth-order valence-electron chi connectivity index (χ4n) is 5.67. The fourth-order valence-corrected chi connectivity index (χ4v) is 5.80. The number of non-ortho nitro benzene ring substituents is 1. The summed E-state index contributed by atoms with van der Waals surface area (Å²) in [6.45, 7) is 0. The Balaban J connectivity index is 1.54. The number of amides is 2. The summed E-state index contributed by atoms with van der Waals surface area (Å²) in [5, 5.41) is 11.7. The quantitative estimate of drug-likeness (QED) is 0.213. The number of halogens is 1. The van der Waals surface area contributed by atoms with E-state index in [1.807, 2.05) is 0 Å². The third-order valence-electron chi connectivity index (χ3n) is 7.33. The summed E-state index contributed by atoms with van der Waals surface area (Å²) in [4.78, 5) is 67.0. The van der Waals surface area contributed by atoms with Crippen molar-refractivity contribution in [1.29, 1.82) is 0 Å². The lowest BCUT2D eigenvalue weighted by molar-refractivity contribution is -0.384. The van der Waals surface area contributed by atoms with Crippen LogP contribution in [0.1, 0.15) is 32.4 Å². The van der Waals surface area contributed by atoms with Gasteiger partial charge in [-0.15, -0.1) is 0 Å². The highest BCUT2D eigenvalue weighted by atomic mass is 35.5. The number of fused-ring (bicyclic) bond motifs is 3. The van der Waals surface area contributed by atoms with Gasteiger partial charge >= 0.3 is 0 Å². The summed E-state index contributed by atoms with van der Waals surface area (Å²) in [5.41, 5.74) is -1.91. The van der Waals surface area contributed by atoms with Crippen LogP contribution in [-0.4, -0.2) is 41.0 Å². The number of carbonyl (C=O) groups is 4. The lowest BCUT2D eigenvalue weighted by Crippen LogP contribution is -2.51. The Labute approximate surface area is 219 Å². The topological polar surface area (TPSA) is 133 Å². The van der Waals surface area contributed by atoms with Gasteiger partial charge in [0.1, 0.15) is 5.75 Å². The Morgan fingerprint density at radius 1 is 0.947 bits per heavy atom. The van der Waals surface area contributed by atoms with Gasteiger partial charge in [-0.1, -0.05) is 48.0 Å². The Morgan fingerprint density at radius 2 is 1.58 bits per heavy atom. The van der Waals surface area contributed by atoms with E-state index in [2.05, 4.69) is 0 Å². The van der Waals surface area contributed by atoms with E-state index in [9.17, 15) is 29.3 Å². The van der Waals surface area contributed by atoms with Crippen molar-refractivity contribution in [1.82, 2.24) is 0 Å². The molecule has 3 atom stereocenters. The van der Waals surface area contributed by atoms with Gasteiger partial charge in [0.2, 0.25) is 29.0 Å². The first-order valence-electron chi connectivity index (χ1n) is 11.5. The molecule has 0 aromatic heterocycles. The predicted molar refractivity (Wildman–Crippen MR) is 132 cm³/mol. The lowest BCUT2D eigenvalue weighted by Gasteiger charge is -2.27. The third kappa shape index (κ3) is 3.04. The van der Waals surface area contributed by atoms with E-state index in [-0.39, 0.29) is 28.3 Å². The standard InChI is InChI=1S/C27H17ClN2O8/c1-37-19-12-15(30(35)36)10-11-18(19)29-25(33)20-21(26(29)34)27(38-22(20)13-6-8-14(28)9-7-13)23(31)16-4-2-3-5-17(16)24(27)32/h2-12,20-22H,1H3/t20-,21-,22-/m1/s1. The number of ketones is 2. The second-order valence-corrected chi connectivity index (χ2v) is 9.59. The van der Waals surface area contributed by atoms with Gasteiger partial charge in [0.25, 0.3) is 5.69 Å². The molecular formula is C27H17ClN2O8. The average Bonchev–Trinajstić information content (AvgIpc) is 3.48. The summed E-state index contributed by atoms with van der Waals surface area (Å²) < 4.78 is 11.5. The van der Waals surface area contributed by atoms with Gasteiger partial charge < -0.3 is 9.47 Å². The van der Waals surface area contributed by atoms with E-state index in [0.717, 1.165) is 17.0 Å². The van der Waals surface area contributed by atoms with Gasteiger partial charge in [0.05, 0.1) is 41.7 Å². The Morgan fingerprint density at radius 3 is 2.16 bits per heavy atom. The van der Waals surface area contributed by atoms with Crippen LogP contribution in [0.5, 0.6) is 5.75 Å². The average molecular weight is 533 g/mol. The molecule has 0 bridgehead atoms. The second kappa shape index (κ2) is 8.30. The van der Waals surface area contributed by atoms with Crippen molar-refractivity contribution in [3.63, 3.8) is 0 Å². The molecule has 0 unspecified atom stereocenters. The van der Waals surface area contributed by atoms with E-state index in [4.69, 9.17) is 21.1 Å². The van der Waals surface area contributed by atoms with Crippen LogP contribution in [0.2, 0.25) is 5.02 Å². The van der Waals surface area contributed by atoms with Crippen molar-refractivity contribution in [3.8, 4) is 5.75 Å². The van der Waals surface area contributed by atoms with E-state index in [1.165, 1.54) is 25.3 Å². The number of benzene rings is 3. The van der Waals surface area contributed by atoms with Crippen LogP contribution < -0.4 is 9.64 Å². The van der Waals surface area contributed by atoms with E-state index < -0.39 is 51.8 Å². The number of carbonyl (C=O) groups excluding carboxylic acids is 4. The number of nitro benzene ring substituents is 1. The monoisotopic (exact) mass is 532 g/mol. The van der Waals surface area contributed by atoms with Crippen LogP contribution in [-0.2, 0) is 14.3 Å². The minimum absolute atomic E-state index is 0.0390. The molecule has 0 radical (unpaired) electrons.